The number of amides is 1. The van der Waals surface area contributed by atoms with Crippen LogP contribution < -0.4 is 10.6 Å². The van der Waals surface area contributed by atoms with Gasteiger partial charge in [0.15, 0.2) is 0 Å². The fourth-order valence-corrected chi connectivity index (χ4v) is 1.90. The first-order valence-corrected chi connectivity index (χ1v) is 6.80. The van der Waals surface area contributed by atoms with Crippen LogP contribution in [0.3, 0.4) is 0 Å². The number of benzene rings is 1. The molecule has 2 N–H and O–H groups in total. The molecule has 21 heavy (non-hydrogen) atoms. The zero-order valence-electron chi connectivity index (χ0n) is 12.5. The second-order valence-electron chi connectivity index (χ2n) is 5.42. The van der Waals surface area contributed by atoms with E-state index in [1.807, 2.05) is 7.05 Å². The number of carbonyl (C=O) groups is 1. The Balaban J connectivity index is 2.84. The molecule has 0 aromatic heterocycles. The van der Waals surface area contributed by atoms with E-state index in [2.05, 4.69) is 10.6 Å². The third kappa shape index (κ3) is 4.74. The molecule has 0 aliphatic carbocycles. The first kappa shape index (κ1) is 17.5. The van der Waals surface area contributed by atoms with Crippen LogP contribution in [0.25, 0.3) is 0 Å². The number of hydrogen-bond acceptors (Lipinski definition) is 2. The molecule has 1 amide bonds. The zero-order chi connectivity index (χ0) is 16.1. The van der Waals surface area contributed by atoms with Crippen LogP contribution in [0.4, 0.5) is 13.2 Å². The van der Waals surface area contributed by atoms with Gasteiger partial charge in [0.05, 0.1) is 11.0 Å². The van der Waals surface area contributed by atoms with Crippen LogP contribution >= 0.6 is 0 Å². The van der Waals surface area contributed by atoms with Crippen molar-refractivity contribution in [1.82, 2.24) is 10.6 Å². The average molecular weight is 302 g/mol. The van der Waals surface area contributed by atoms with Crippen molar-refractivity contribution in [3.63, 3.8) is 0 Å². The molecular weight excluding hydrogens is 281 g/mol. The van der Waals surface area contributed by atoms with E-state index in [-0.39, 0.29) is 5.91 Å². The van der Waals surface area contributed by atoms with Gasteiger partial charge in [0.25, 0.3) is 0 Å². The molecule has 1 rings (SSSR count). The maximum absolute atomic E-state index is 12.7. The molecule has 0 fully saturated rings. The Bertz CT molecular complexity index is 484. The number of alkyl halides is 3. The highest BCUT2D eigenvalue weighted by molar-refractivity contribution is 5.87. The second kappa shape index (κ2) is 6.93. The molecule has 0 aliphatic rings. The summed E-state index contributed by atoms with van der Waals surface area (Å²) >= 11 is 0. The lowest BCUT2D eigenvalue weighted by atomic mass is 9.83. The number of rotatable bonds is 6. The van der Waals surface area contributed by atoms with E-state index >= 15 is 0 Å². The van der Waals surface area contributed by atoms with E-state index in [1.54, 1.807) is 19.9 Å². The summed E-state index contributed by atoms with van der Waals surface area (Å²) in [5.41, 5.74) is -1.40. The summed E-state index contributed by atoms with van der Waals surface area (Å²) in [5.74, 6) is -0.280. The highest BCUT2D eigenvalue weighted by atomic mass is 19.4. The highest BCUT2D eigenvalue weighted by Gasteiger charge is 2.34. The van der Waals surface area contributed by atoms with E-state index < -0.39 is 17.2 Å². The quantitative estimate of drug-likeness (QED) is 0.793. The van der Waals surface area contributed by atoms with Gasteiger partial charge in [-0.25, -0.2) is 0 Å². The predicted octanol–water partition coefficient (Wildman–Crippen LogP) is 2.71. The number of hydrogen-bond donors (Lipinski definition) is 2. The van der Waals surface area contributed by atoms with Gasteiger partial charge in [-0.15, -0.1) is 0 Å². The first-order valence-electron chi connectivity index (χ1n) is 6.80. The lowest BCUT2D eigenvalue weighted by molar-refractivity contribution is -0.137. The summed E-state index contributed by atoms with van der Waals surface area (Å²) in [4.78, 5) is 12.2. The van der Waals surface area contributed by atoms with Gasteiger partial charge >= 0.3 is 6.18 Å². The van der Waals surface area contributed by atoms with Crippen molar-refractivity contribution in [1.29, 1.82) is 0 Å². The summed E-state index contributed by atoms with van der Waals surface area (Å²) in [5, 5.41) is 5.71. The third-order valence-corrected chi connectivity index (χ3v) is 3.37. The minimum Gasteiger partial charge on any atom is -0.355 e. The zero-order valence-corrected chi connectivity index (χ0v) is 12.5. The van der Waals surface area contributed by atoms with Gasteiger partial charge in [0.1, 0.15) is 0 Å². The Morgan fingerprint density at radius 3 is 2.33 bits per heavy atom. The molecule has 6 heteroatoms. The Morgan fingerprint density at radius 1 is 1.14 bits per heavy atom. The molecule has 0 aliphatic heterocycles. The molecule has 0 heterocycles. The molecule has 0 unspecified atom stereocenters. The van der Waals surface area contributed by atoms with Crippen LogP contribution in [0.1, 0.15) is 31.4 Å². The second-order valence-corrected chi connectivity index (χ2v) is 5.42. The van der Waals surface area contributed by atoms with Gasteiger partial charge in [-0.3, -0.25) is 4.79 Å². The Morgan fingerprint density at radius 2 is 1.76 bits per heavy atom. The van der Waals surface area contributed by atoms with Crippen molar-refractivity contribution >= 4 is 5.91 Å². The Labute approximate surface area is 122 Å². The standard InChI is InChI=1S/C15H21F3N2O/c1-14(2,13(21)20-9-5-8-19-3)11-6-4-7-12(10-11)15(16,17)18/h4,6-7,10,19H,5,8-9H2,1-3H3,(H,20,21). The monoisotopic (exact) mass is 302 g/mol. The molecule has 3 nitrogen and oxygen atoms in total. The molecule has 0 saturated heterocycles. The van der Waals surface area contributed by atoms with Gasteiger partial charge in [0.2, 0.25) is 5.91 Å². The molecular formula is C15H21F3N2O. The van der Waals surface area contributed by atoms with Crippen LogP contribution in [-0.2, 0) is 16.4 Å². The van der Waals surface area contributed by atoms with E-state index in [1.165, 1.54) is 6.07 Å². The van der Waals surface area contributed by atoms with Crippen LogP contribution in [0, 0.1) is 0 Å². The van der Waals surface area contributed by atoms with Crippen LogP contribution in [0.5, 0.6) is 0 Å². The minimum absolute atomic E-state index is 0.280. The number of nitrogens with one attached hydrogen (secondary N) is 2. The molecule has 0 atom stereocenters. The fourth-order valence-electron chi connectivity index (χ4n) is 1.90. The van der Waals surface area contributed by atoms with Crippen LogP contribution in [0.2, 0.25) is 0 Å². The van der Waals surface area contributed by atoms with Gasteiger partial charge in [-0.05, 0) is 45.5 Å². The number of halogens is 3. The first-order chi connectivity index (χ1) is 9.69. The maximum atomic E-state index is 12.7. The molecule has 118 valence electrons. The fraction of sp³-hybridized carbons (Fsp3) is 0.533. The van der Waals surface area contributed by atoms with E-state index in [0.717, 1.165) is 25.1 Å². The average Bonchev–Trinajstić information content (AvgIpc) is 2.42. The number of carbonyl (C=O) groups excluding carboxylic acids is 1. The predicted molar refractivity (Wildman–Crippen MR) is 76.0 cm³/mol. The van der Waals surface area contributed by atoms with Crippen molar-refractivity contribution in [2.24, 2.45) is 0 Å². The van der Waals surface area contributed by atoms with Crippen molar-refractivity contribution in [2.75, 3.05) is 20.1 Å². The smallest absolute Gasteiger partial charge is 0.355 e. The highest BCUT2D eigenvalue weighted by Crippen LogP contribution is 2.32. The Hall–Kier alpha value is -1.56. The molecule has 1 aromatic rings. The van der Waals surface area contributed by atoms with Crippen molar-refractivity contribution in [3.05, 3.63) is 35.4 Å². The molecule has 0 saturated carbocycles. The lowest BCUT2D eigenvalue weighted by Gasteiger charge is -2.25. The van der Waals surface area contributed by atoms with Crippen LogP contribution in [0.15, 0.2) is 24.3 Å². The minimum atomic E-state index is -4.41. The largest absolute Gasteiger partial charge is 0.416 e. The summed E-state index contributed by atoms with van der Waals surface area (Å²) in [6.07, 6.45) is -3.64. The summed E-state index contributed by atoms with van der Waals surface area (Å²) in [6.45, 7) is 4.50. The summed E-state index contributed by atoms with van der Waals surface area (Å²) in [6, 6.07) is 4.91. The van der Waals surface area contributed by atoms with Gasteiger partial charge in [-0.2, -0.15) is 13.2 Å². The van der Waals surface area contributed by atoms with E-state index in [9.17, 15) is 18.0 Å². The Kier molecular flexibility index (Phi) is 5.78. The van der Waals surface area contributed by atoms with Gasteiger partial charge in [0, 0.05) is 6.54 Å². The van der Waals surface area contributed by atoms with Gasteiger partial charge < -0.3 is 10.6 Å². The molecule has 0 bridgehead atoms. The van der Waals surface area contributed by atoms with Crippen molar-refractivity contribution in [3.8, 4) is 0 Å². The van der Waals surface area contributed by atoms with E-state index in [0.29, 0.717) is 12.1 Å². The van der Waals surface area contributed by atoms with E-state index in [4.69, 9.17) is 0 Å². The van der Waals surface area contributed by atoms with Crippen molar-refractivity contribution < 1.29 is 18.0 Å². The summed E-state index contributed by atoms with van der Waals surface area (Å²) in [7, 11) is 1.81. The third-order valence-electron chi connectivity index (χ3n) is 3.37. The molecule has 0 radical (unpaired) electrons. The maximum Gasteiger partial charge on any atom is 0.416 e. The SMILES string of the molecule is CNCCCNC(=O)C(C)(C)c1cccc(C(F)(F)F)c1. The van der Waals surface area contributed by atoms with Gasteiger partial charge in [-0.1, -0.05) is 18.2 Å². The van der Waals surface area contributed by atoms with Crippen LogP contribution in [-0.4, -0.2) is 26.0 Å². The molecule has 1 aromatic carbocycles. The van der Waals surface area contributed by atoms with Crippen molar-refractivity contribution in [2.45, 2.75) is 31.9 Å². The summed E-state index contributed by atoms with van der Waals surface area (Å²) < 4.78 is 38.2. The lowest BCUT2D eigenvalue weighted by Crippen LogP contribution is -2.41. The topological polar surface area (TPSA) is 41.1 Å². The normalized spacial score (nSPS) is 12.3. The molecule has 0 spiro atoms.